The maximum Gasteiger partial charge on any atom is 0.266 e. The highest BCUT2D eigenvalue weighted by atomic mass is 35.5. The summed E-state index contributed by atoms with van der Waals surface area (Å²) in [5.41, 5.74) is 0.719. The van der Waals surface area contributed by atoms with E-state index >= 15 is 0 Å². The molecule has 0 aromatic heterocycles. The summed E-state index contributed by atoms with van der Waals surface area (Å²) in [5.74, 6) is 1.44. The summed E-state index contributed by atoms with van der Waals surface area (Å²) in [6.45, 7) is 7.18. The summed E-state index contributed by atoms with van der Waals surface area (Å²) in [5, 5.41) is 0.956. The van der Waals surface area contributed by atoms with Crippen molar-refractivity contribution in [1.82, 2.24) is 4.90 Å². The van der Waals surface area contributed by atoms with Gasteiger partial charge in [0.1, 0.15) is 10.1 Å². The maximum atomic E-state index is 12.6. The molecule has 1 aliphatic heterocycles. The lowest BCUT2D eigenvalue weighted by atomic mass is 10.1. The third-order valence-electron chi connectivity index (χ3n) is 4.44. The lowest BCUT2D eigenvalue weighted by Gasteiger charge is -2.15. The molecule has 1 fully saturated rings. The number of thioether (sulfide) groups is 1. The van der Waals surface area contributed by atoms with Crippen LogP contribution in [0.2, 0.25) is 10.0 Å². The monoisotopic (exact) mass is 523 g/mol. The molecule has 2 aromatic carbocycles. The molecule has 1 amide bonds. The lowest BCUT2D eigenvalue weighted by Crippen LogP contribution is -2.27. The smallest absolute Gasteiger partial charge is 0.266 e. The highest BCUT2D eigenvalue weighted by Gasteiger charge is 2.31. The molecule has 0 aliphatic carbocycles. The number of carbonyl (C=O) groups excluding carboxylic acids is 1. The SMILES string of the molecule is C=CCN1C(=O)/C(=C\c2cc(Cl)c(OCCCOc3ccccc3Cl)c(OCC)c2)SC1=S. The van der Waals surface area contributed by atoms with Crippen molar-refractivity contribution < 1.29 is 19.0 Å². The molecule has 0 bridgehead atoms. The minimum absolute atomic E-state index is 0.155. The van der Waals surface area contributed by atoms with Gasteiger partial charge in [0, 0.05) is 13.0 Å². The molecule has 0 spiro atoms. The Morgan fingerprint density at radius 2 is 1.85 bits per heavy atom. The first kappa shape index (κ1) is 25.4. The molecule has 1 saturated heterocycles. The molecule has 1 aliphatic rings. The molecule has 0 unspecified atom stereocenters. The predicted octanol–water partition coefficient (Wildman–Crippen LogP) is 6.63. The fourth-order valence-corrected chi connectivity index (χ4v) is 4.73. The molecule has 174 valence electrons. The summed E-state index contributed by atoms with van der Waals surface area (Å²) in [6, 6.07) is 10.8. The molecule has 0 saturated carbocycles. The summed E-state index contributed by atoms with van der Waals surface area (Å²) in [7, 11) is 0. The molecular weight excluding hydrogens is 501 g/mol. The van der Waals surface area contributed by atoms with E-state index in [1.807, 2.05) is 25.1 Å². The number of ether oxygens (including phenoxy) is 3. The second-order valence-corrected chi connectivity index (χ2v) is 9.32. The Labute approximate surface area is 213 Å². The fourth-order valence-electron chi connectivity index (χ4n) is 2.99. The lowest BCUT2D eigenvalue weighted by molar-refractivity contribution is -0.121. The number of hydrogen-bond donors (Lipinski definition) is 0. The number of rotatable bonds is 11. The van der Waals surface area contributed by atoms with Crippen LogP contribution in [0.5, 0.6) is 17.2 Å². The van der Waals surface area contributed by atoms with Crippen molar-refractivity contribution in [3.8, 4) is 17.2 Å². The molecule has 0 atom stereocenters. The number of para-hydroxylation sites is 1. The number of amides is 1. The number of nitrogens with zero attached hydrogens (tertiary/aromatic N) is 1. The Kier molecular flexibility index (Phi) is 9.50. The first-order valence-corrected chi connectivity index (χ1v) is 12.2. The van der Waals surface area contributed by atoms with Gasteiger partial charge >= 0.3 is 0 Å². The first-order chi connectivity index (χ1) is 15.9. The van der Waals surface area contributed by atoms with Crippen LogP contribution in [0.3, 0.4) is 0 Å². The van der Waals surface area contributed by atoms with Crippen LogP contribution in [0.1, 0.15) is 18.9 Å². The minimum Gasteiger partial charge on any atom is -0.492 e. The van der Waals surface area contributed by atoms with Crippen LogP contribution >= 0.6 is 47.2 Å². The first-order valence-electron chi connectivity index (χ1n) is 10.3. The quantitative estimate of drug-likeness (QED) is 0.142. The van der Waals surface area contributed by atoms with Crippen molar-refractivity contribution in [2.45, 2.75) is 13.3 Å². The van der Waals surface area contributed by atoms with Gasteiger partial charge in [0.15, 0.2) is 11.5 Å². The fraction of sp³-hybridized carbons (Fsp3) is 0.250. The zero-order valence-corrected chi connectivity index (χ0v) is 21.2. The van der Waals surface area contributed by atoms with E-state index in [-0.39, 0.29) is 5.91 Å². The van der Waals surface area contributed by atoms with Crippen LogP contribution < -0.4 is 14.2 Å². The van der Waals surface area contributed by atoms with Crippen molar-refractivity contribution in [3.63, 3.8) is 0 Å². The summed E-state index contributed by atoms with van der Waals surface area (Å²) < 4.78 is 17.8. The highest BCUT2D eigenvalue weighted by Crippen LogP contribution is 2.39. The van der Waals surface area contributed by atoms with Crippen LogP contribution in [-0.4, -0.2) is 41.5 Å². The summed E-state index contributed by atoms with van der Waals surface area (Å²) >= 11 is 19.1. The van der Waals surface area contributed by atoms with Gasteiger partial charge in [-0.15, -0.1) is 6.58 Å². The van der Waals surface area contributed by atoms with Crippen molar-refractivity contribution in [2.24, 2.45) is 0 Å². The van der Waals surface area contributed by atoms with Gasteiger partial charge in [0.05, 0.1) is 34.8 Å². The van der Waals surface area contributed by atoms with Gasteiger partial charge in [-0.2, -0.15) is 0 Å². The maximum absolute atomic E-state index is 12.6. The van der Waals surface area contributed by atoms with Crippen LogP contribution in [-0.2, 0) is 4.79 Å². The van der Waals surface area contributed by atoms with E-state index in [9.17, 15) is 4.79 Å². The molecule has 3 rings (SSSR count). The molecule has 2 aromatic rings. The standard InChI is InChI=1S/C24H23Cl2NO4S2/c1-3-10-27-23(28)21(33-24(27)32)15-16-13-18(26)22(20(14-16)29-4-2)31-12-7-11-30-19-9-6-5-8-17(19)25/h3,5-6,8-9,13-15H,1,4,7,10-12H2,2H3/b21-15+. The van der Waals surface area contributed by atoms with Crippen molar-refractivity contribution in [3.05, 3.63) is 69.6 Å². The van der Waals surface area contributed by atoms with Gasteiger partial charge in [-0.05, 0) is 42.8 Å². The third kappa shape index (κ3) is 6.67. The zero-order valence-electron chi connectivity index (χ0n) is 18.0. The van der Waals surface area contributed by atoms with E-state index in [0.717, 1.165) is 5.56 Å². The number of hydrogen-bond acceptors (Lipinski definition) is 6. The Hall–Kier alpha value is -2.19. The average molecular weight is 524 g/mol. The summed E-state index contributed by atoms with van der Waals surface area (Å²) in [6.07, 6.45) is 4.02. The molecule has 5 nitrogen and oxygen atoms in total. The van der Waals surface area contributed by atoms with Crippen molar-refractivity contribution >= 4 is 63.5 Å². The molecule has 33 heavy (non-hydrogen) atoms. The molecule has 1 heterocycles. The Morgan fingerprint density at radius 1 is 1.09 bits per heavy atom. The van der Waals surface area contributed by atoms with Crippen LogP contribution in [0.4, 0.5) is 0 Å². The predicted molar refractivity (Wildman–Crippen MR) is 140 cm³/mol. The normalized spacial score (nSPS) is 14.6. The Balaban J connectivity index is 1.67. The largest absolute Gasteiger partial charge is 0.492 e. The van der Waals surface area contributed by atoms with E-state index in [2.05, 4.69) is 6.58 Å². The topological polar surface area (TPSA) is 48.0 Å². The molecule has 9 heteroatoms. The average Bonchev–Trinajstić information content (AvgIpc) is 3.04. The van der Waals surface area contributed by atoms with Crippen LogP contribution in [0.15, 0.2) is 54.0 Å². The van der Waals surface area contributed by atoms with Gasteiger partial charge in [0.2, 0.25) is 0 Å². The molecule has 0 N–H and O–H groups in total. The number of benzene rings is 2. The van der Waals surface area contributed by atoms with E-state index in [4.69, 9.17) is 49.6 Å². The second-order valence-electron chi connectivity index (χ2n) is 6.82. The second kappa shape index (κ2) is 12.3. The Morgan fingerprint density at radius 3 is 2.58 bits per heavy atom. The van der Waals surface area contributed by atoms with Gasteiger partial charge in [-0.1, -0.05) is 65.4 Å². The molecule has 0 radical (unpaired) electrons. The zero-order chi connectivity index (χ0) is 23.8. The van der Waals surface area contributed by atoms with Gasteiger partial charge in [-0.3, -0.25) is 9.69 Å². The summed E-state index contributed by atoms with van der Waals surface area (Å²) in [4.78, 5) is 14.6. The minimum atomic E-state index is -0.155. The van der Waals surface area contributed by atoms with Crippen molar-refractivity contribution in [1.29, 1.82) is 0 Å². The van der Waals surface area contributed by atoms with E-state index < -0.39 is 0 Å². The van der Waals surface area contributed by atoms with Gasteiger partial charge in [0.25, 0.3) is 5.91 Å². The highest BCUT2D eigenvalue weighted by molar-refractivity contribution is 8.26. The number of thiocarbonyl (C=S) groups is 1. The van der Waals surface area contributed by atoms with E-state index in [0.29, 0.717) is 69.3 Å². The molecular formula is C24H23Cl2NO4S2. The number of carbonyl (C=O) groups is 1. The third-order valence-corrected chi connectivity index (χ3v) is 6.41. The Bertz CT molecular complexity index is 1070. The number of halogens is 2. The van der Waals surface area contributed by atoms with Crippen LogP contribution in [0, 0.1) is 0 Å². The van der Waals surface area contributed by atoms with Crippen LogP contribution in [0.25, 0.3) is 6.08 Å². The van der Waals surface area contributed by atoms with E-state index in [1.54, 1.807) is 30.4 Å². The van der Waals surface area contributed by atoms with Crippen molar-refractivity contribution in [2.75, 3.05) is 26.4 Å². The van der Waals surface area contributed by atoms with Gasteiger partial charge < -0.3 is 14.2 Å². The van der Waals surface area contributed by atoms with E-state index in [1.165, 1.54) is 16.7 Å². The van der Waals surface area contributed by atoms with Gasteiger partial charge in [-0.25, -0.2) is 0 Å².